The summed E-state index contributed by atoms with van der Waals surface area (Å²) in [7, 11) is 0. The van der Waals surface area contributed by atoms with E-state index in [2.05, 4.69) is 0 Å². The fraction of sp³-hybridized carbons (Fsp3) is 0.600. The SMILES string of the molecule is CC(O)CC(C)(C)N1C(=O)C=CC1=O. The number of hydrogen-bond acceptors (Lipinski definition) is 3. The smallest absolute Gasteiger partial charge is 0.254 e. The monoisotopic (exact) mass is 197 g/mol. The molecule has 0 aromatic carbocycles. The highest BCUT2D eigenvalue weighted by atomic mass is 16.3. The molecule has 4 nitrogen and oxygen atoms in total. The molecule has 2 amide bonds. The fourth-order valence-electron chi connectivity index (χ4n) is 1.81. The Bertz CT molecular complexity index is 274. The van der Waals surface area contributed by atoms with Crippen LogP contribution in [0.1, 0.15) is 27.2 Å². The van der Waals surface area contributed by atoms with Gasteiger partial charge in [0.15, 0.2) is 0 Å². The van der Waals surface area contributed by atoms with E-state index in [4.69, 9.17) is 0 Å². The number of carbonyl (C=O) groups is 2. The van der Waals surface area contributed by atoms with Crippen LogP contribution in [0.3, 0.4) is 0 Å². The molecular weight excluding hydrogens is 182 g/mol. The normalized spacial score (nSPS) is 19.3. The first-order valence-corrected chi connectivity index (χ1v) is 4.59. The highest BCUT2D eigenvalue weighted by Gasteiger charge is 2.37. The Morgan fingerprint density at radius 2 is 1.79 bits per heavy atom. The molecule has 1 heterocycles. The molecular formula is C10H15NO3. The number of hydrogen-bond donors (Lipinski definition) is 1. The second kappa shape index (κ2) is 3.53. The van der Waals surface area contributed by atoms with Crippen LogP contribution in [0.4, 0.5) is 0 Å². The second-order valence-corrected chi connectivity index (χ2v) is 4.21. The van der Waals surface area contributed by atoms with Crippen molar-refractivity contribution in [2.45, 2.75) is 38.8 Å². The molecule has 1 aliphatic heterocycles. The molecule has 0 bridgehead atoms. The van der Waals surface area contributed by atoms with Crippen molar-refractivity contribution in [2.75, 3.05) is 0 Å². The third-order valence-electron chi connectivity index (χ3n) is 2.21. The van der Waals surface area contributed by atoms with Gasteiger partial charge in [-0.2, -0.15) is 0 Å². The topological polar surface area (TPSA) is 57.6 Å². The minimum absolute atomic E-state index is 0.305. The van der Waals surface area contributed by atoms with E-state index < -0.39 is 11.6 Å². The number of imide groups is 1. The van der Waals surface area contributed by atoms with E-state index in [1.807, 2.05) is 0 Å². The molecule has 0 fully saturated rings. The number of amides is 2. The zero-order chi connectivity index (χ0) is 10.9. The maximum Gasteiger partial charge on any atom is 0.254 e. The van der Waals surface area contributed by atoms with E-state index in [1.165, 1.54) is 17.1 Å². The van der Waals surface area contributed by atoms with Crippen LogP contribution < -0.4 is 0 Å². The Morgan fingerprint density at radius 3 is 2.14 bits per heavy atom. The van der Waals surface area contributed by atoms with E-state index in [9.17, 15) is 14.7 Å². The average Bonchev–Trinajstić information content (AvgIpc) is 2.27. The van der Waals surface area contributed by atoms with Crippen LogP contribution >= 0.6 is 0 Å². The largest absolute Gasteiger partial charge is 0.393 e. The molecule has 1 aliphatic rings. The van der Waals surface area contributed by atoms with Crippen LogP contribution in [0.15, 0.2) is 12.2 Å². The molecule has 1 unspecified atom stereocenters. The Hall–Kier alpha value is -1.16. The van der Waals surface area contributed by atoms with Gasteiger partial charge < -0.3 is 5.11 Å². The van der Waals surface area contributed by atoms with Crippen LogP contribution in [0.2, 0.25) is 0 Å². The van der Waals surface area contributed by atoms with Crippen LogP contribution in [-0.4, -0.2) is 33.5 Å². The zero-order valence-electron chi connectivity index (χ0n) is 8.65. The Morgan fingerprint density at radius 1 is 1.36 bits per heavy atom. The first-order chi connectivity index (χ1) is 6.34. The third-order valence-corrected chi connectivity index (χ3v) is 2.21. The molecule has 0 spiro atoms. The standard InChI is InChI=1S/C10H15NO3/c1-7(12)6-10(2,3)11-8(13)4-5-9(11)14/h4-5,7,12H,6H2,1-3H3. The molecule has 0 aliphatic carbocycles. The summed E-state index contributed by atoms with van der Waals surface area (Å²) in [6, 6.07) is 0. The minimum Gasteiger partial charge on any atom is -0.393 e. The highest BCUT2D eigenvalue weighted by molar-refractivity contribution is 6.13. The fourth-order valence-corrected chi connectivity index (χ4v) is 1.81. The number of rotatable bonds is 3. The molecule has 0 saturated carbocycles. The van der Waals surface area contributed by atoms with E-state index in [0.717, 1.165) is 0 Å². The molecule has 1 N–H and O–H groups in total. The van der Waals surface area contributed by atoms with Gasteiger partial charge in [0, 0.05) is 17.7 Å². The van der Waals surface area contributed by atoms with Crippen molar-refractivity contribution in [3.8, 4) is 0 Å². The lowest BCUT2D eigenvalue weighted by atomic mass is 9.95. The molecule has 1 atom stereocenters. The van der Waals surface area contributed by atoms with Gasteiger partial charge in [-0.15, -0.1) is 0 Å². The zero-order valence-corrected chi connectivity index (χ0v) is 8.65. The van der Waals surface area contributed by atoms with Crippen LogP contribution in [-0.2, 0) is 9.59 Å². The summed E-state index contributed by atoms with van der Waals surface area (Å²) < 4.78 is 0. The molecule has 0 radical (unpaired) electrons. The molecule has 14 heavy (non-hydrogen) atoms. The third kappa shape index (κ3) is 2.01. The molecule has 0 aromatic rings. The summed E-state index contributed by atoms with van der Waals surface area (Å²) in [6.07, 6.45) is 2.36. The van der Waals surface area contributed by atoms with Gasteiger partial charge in [-0.25, -0.2) is 0 Å². The van der Waals surface area contributed by atoms with Crippen molar-refractivity contribution in [2.24, 2.45) is 0 Å². The Balaban J connectivity index is 2.82. The van der Waals surface area contributed by atoms with Crippen molar-refractivity contribution in [3.63, 3.8) is 0 Å². The number of nitrogens with zero attached hydrogens (tertiary/aromatic N) is 1. The molecule has 4 heteroatoms. The van der Waals surface area contributed by atoms with Gasteiger partial charge in [0.2, 0.25) is 0 Å². The lowest BCUT2D eigenvalue weighted by Gasteiger charge is -2.34. The predicted octanol–water partition coefficient (Wildman–Crippen LogP) is 0.461. The molecule has 1 rings (SSSR count). The molecule has 78 valence electrons. The molecule has 0 saturated heterocycles. The maximum atomic E-state index is 11.3. The number of carbonyl (C=O) groups excluding carboxylic acids is 2. The first-order valence-electron chi connectivity index (χ1n) is 4.59. The van der Waals surface area contributed by atoms with Crippen molar-refractivity contribution >= 4 is 11.8 Å². The lowest BCUT2D eigenvalue weighted by Crippen LogP contribution is -2.49. The van der Waals surface area contributed by atoms with Crippen molar-refractivity contribution < 1.29 is 14.7 Å². The van der Waals surface area contributed by atoms with Gasteiger partial charge in [0.05, 0.1) is 6.10 Å². The predicted molar refractivity (Wildman–Crippen MR) is 51.4 cm³/mol. The van der Waals surface area contributed by atoms with E-state index in [0.29, 0.717) is 6.42 Å². The van der Waals surface area contributed by atoms with Gasteiger partial charge >= 0.3 is 0 Å². The first kappa shape index (κ1) is 10.9. The van der Waals surface area contributed by atoms with Crippen molar-refractivity contribution in [1.82, 2.24) is 4.90 Å². The van der Waals surface area contributed by atoms with Crippen molar-refractivity contribution in [3.05, 3.63) is 12.2 Å². The average molecular weight is 197 g/mol. The van der Waals surface area contributed by atoms with Crippen LogP contribution in [0, 0.1) is 0 Å². The number of aliphatic hydroxyl groups is 1. The second-order valence-electron chi connectivity index (χ2n) is 4.21. The maximum absolute atomic E-state index is 11.3. The summed E-state index contributed by atoms with van der Waals surface area (Å²) in [5, 5.41) is 9.25. The number of aliphatic hydroxyl groups excluding tert-OH is 1. The van der Waals surface area contributed by atoms with Crippen LogP contribution in [0.5, 0.6) is 0 Å². The Kier molecular flexibility index (Phi) is 2.76. The summed E-state index contributed by atoms with van der Waals surface area (Å²) in [4.78, 5) is 23.9. The van der Waals surface area contributed by atoms with Gasteiger partial charge in [-0.3, -0.25) is 14.5 Å². The van der Waals surface area contributed by atoms with Crippen LogP contribution in [0.25, 0.3) is 0 Å². The van der Waals surface area contributed by atoms with E-state index in [1.54, 1.807) is 20.8 Å². The highest BCUT2D eigenvalue weighted by Crippen LogP contribution is 2.24. The molecule has 0 aromatic heterocycles. The van der Waals surface area contributed by atoms with Gasteiger partial charge in [-0.1, -0.05) is 0 Å². The van der Waals surface area contributed by atoms with E-state index >= 15 is 0 Å². The Labute approximate surface area is 83.2 Å². The minimum atomic E-state index is -0.633. The quantitative estimate of drug-likeness (QED) is 0.669. The summed E-state index contributed by atoms with van der Waals surface area (Å²) in [5.41, 5.74) is -0.633. The summed E-state index contributed by atoms with van der Waals surface area (Å²) >= 11 is 0. The van der Waals surface area contributed by atoms with Gasteiger partial charge in [0.25, 0.3) is 11.8 Å². The summed E-state index contributed by atoms with van der Waals surface area (Å²) in [6.45, 7) is 5.17. The van der Waals surface area contributed by atoms with Gasteiger partial charge in [-0.05, 0) is 27.2 Å². The van der Waals surface area contributed by atoms with E-state index in [-0.39, 0.29) is 11.8 Å². The van der Waals surface area contributed by atoms with Crippen molar-refractivity contribution in [1.29, 1.82) is 0 Å². The summed E-state index contributed by atoms with van der Waals surface area (Å²) in [5.74, 6) is -0.610. The van der Waals surface area contributed by atoms with Gasteiger partial charge in [0.1, 0.15) is 0 Å². The lowest BCUT2D eigenvalue weighted by molar-refractivity contribution is -0.143.